The standard InChI is InChI=1S/C20H16N4O3/c1-12-6-7-16(13(2)9-12)27-19-15(10-14(11-21)18(22)25)20(26)24-8-4-3-5-17(24)23-19/h3-10H,1-2H3,(H2,22,25)/b14-10+. The Hall–Kier alpha value is -3.92. The first-order valence-electron chi connectivity index (χ1n) is 8.09. The minimum Gasteiger partial charge on any atom is -0.438 e. The highest BCUT2D eigenvalue weighted by atomic mass is 16.5. The number of benzene rings is 1. The van der Waals surface area contributed by atoms with Crippen LogP contribution in [0.2, 0.25) is 0 Å². The number of nitrogens with two attached hydrogens (primary N) is 1. The van der Waals surface area contributed by atoms with Gasteiger partial charge in [-0.3, -0.25) is 14.0 Å². The van der Waals surface area contributed by atoms with Crippen molar-refractivity contribution in [2.24, 2.45) is 5.73 Å². The molecule has 3 rings (SSSR count). The third-order valence-electron chi connectivity index (χ3n) is 3.95. The number of nitrogens with zero attached hydrogens (tertiary/aromatic N) is 3. The van der Waals surface area contributed by atoms with Crippen LogP contribution >= 0.6 is 0 Å². The Bertz CT molecular complexity index is 1190. The molecule has 134 valence electrons. The number of ether oxygens (including phenoxy) is 1. The maximum absolute atomic E-state index is 12.9. The third-order valence-corrected chi connectivity index (χ3v) is 3.95. The number of primary amides is 1. The number of aryl methyl sites for hydroxylation is 2. The Labute approximate surface area is 155 Å². The van der Waals surface area contributed by atoms with Gasteiger partial charge in [-0.25, -0.2) is 0 Å². The van der Waals surface area contributed by atoms with Crippen molar-refractivity contribution in [3.8, 4) is 17.7 Å². The molecule has 0 aliphatic rings. The molecule has 2 aromatic heterocycles. The van der Waals surface area contributed by atoms with Crippen molar-refractivity contribution in [2.75, 3.05) is 0 Å². The molecule has 0 unspecified atom stereocenters. The van der Waals surface area contributed by atoms with E-state index in [1.807, 2.05) is 26.0 Å². The minimum absolute atomic E-state index is 0.00727. The number of fused-ring (bicyclic) bond motifs is 1. The highest BCUT2D eigenvalue weighted by Crippen LogP contribution is 2.27. The van der Waals surface area contributed by atoms with E-state index in [9.17, 15) is 9.59 Å². The van der Waals surface area contributed by atoms with Crippen LogP contribution in [0.1, 0.15) is 16.7 Å². The molecule has 0 atom stereocenters. The smallest absolute Gasteiger partial charge is 0.269 e. The monoisotopic (exact) mass is 360 g/mol. The number of nitriles is 1. The fourth-order valence-electron chi connectivity index (χ4n) is 2.60. The van der Waals surface area contributed by atoms with Crippen LogP contribution in [-0.4, -0.2) is 15.3 Å². The van der Waals surface area contributed by atoms with Gasteiger partial charge in [0.25, 0.3) is 11.5 Å². The van der Waals surface area contributed by atoms with Crippen molar-refractivity contribution in [3.05, 3.63) is 75.2 Å². The largest absolute Gasteiger partial charge is 0.438 e. The Balaban J connectivity index is 2.26. The van der Waals surface area contributed by atoms with Crippen LogP contribution in [0.25, 0.3) is 11.7 Å². The quantitative estimate of drug-likeness (QED) is 0.568. The average molecular weight is 360 g/mol. The SMILES string of the molecule is Cc1ccc(Oc2nc3ccccn3c(=O)c2/C=C(\C#N)C(N)=O)c(C)c1. The lowest BCUT2D eigenvalue weighted by molar-refractivity contribution is -0.114. The first-order chi connectivity index (χ1) is 12.9. The fraction of sp³-hybridized carbons (Fsp3) is 0.100. The number of hydrogen-bond donors (Lipinski definition) is 1. The zero-order valence-corrected chi connectivity index (χ0v) is 14.8. The number of hydrogen-bond acceptors (Lipinski definition) is 5. The summed E-state index contributed by atoms with van der Waals surface area (Å²) in [5, 5.41) is 9.13. The Morgan fingerprint density at radius 1 is 1.30 bits per heavy atom. The first kappa shape index (κ1) is 17.9. The van der Waals surface area contributed by atoms with Crippen molar-refractivity contribution in [2.45, 2.75) is 13.8 Å². The molecule has 0 saturated carbocycles. The zero-order valence-electron chi connectivity index (χ0n) is 14.8. The van der Waals surface area contributed by atoms with E-state index in [1.165, 1.54) is 4.40 Å². The average Bonchev–Trinajstić information content (AvgIpc) is 2.63. The molecule has 2 heterocycles. The van der Waals surface area contributed by atoms with Gasteiger partial charge in [0, 0.05) is 6.20 Å². The second-order valence-electron chi connectivity index (χ2n) is 5.97. The molecule has 7 nitrogen and oxygen atoms in total. The lowest BCUT2D eigenvalue weighted by Gasteiger charge is -2.12. The number of aromatic nitrogens is 2. The summed E-state index contributed by atoms with van der Waals surface area (Å²) in [5.41, 5.74) is 6.62. The van der Waals surface area contributed by atoms with Gasteiger partial charge in [0.1, 0.15) is 28.6 Å². The summed E-state index contributed by atoms with van der Waals surface area (Å²) in [7, 11) is 0. The number of carbonyl (C=O) groups is 1. The van der Waals surface area contributed by atoms with Gasteiger partial charge < -0.3 is 10.5 Å². The molecule has 1 amide bonds. The van der Waals surface area contributed by atoms with E-state index < -0.39 is 11.5 Å². The molecule has 0 radical (unpaired) electrons. The lowest BCUT2D eigenvalue weighted by atomic mass is 10.1. The summed E-state index contributed by atoms with van der Waals surface area (Å²) in [5.74, 6) is -0.431. The molecule has 27 heavy (non-hydrogen) atoms. The van der Waals surface area contributed by atoms with E-state index in [2.05, 4.69) is 4.98 Å². The summed E-state index contributed by atoms with van der Waals surface area (Å²) < 4.78 is 7.18. The van der Waals surface area contributed by atoms with Gasteiger partial charge in [0.15, 0.2) is 0 Å². The topological polar surface area (TPSA) is 110 Å². The summed E-state index contributed by atoms with van der Waals surface area (Å²) >= 11 is 0. The molecule has 0 spiro atoms. The highest BCUT2D eigenvalue weighted by molar-refractivity contribution is 6.00. The maximum atomic E-state index is 12.9. The highest BCUT2D eigenvalue weighted by Gasteiger charge is 2.16. The molecule has 0 fully saturated rings. The van der Waals surface area contributed by atoms with Crippen molar-refractivity contribution in [1.29, 1.82) is 5.26 Å². The normalized spacial score (nSPS) is 11.2. The predicted molar refractivity (Wildman–Crippen MR) is 100 cm³/mol. The number of amides is 1. The molecular weight excluding hydrogens is 344 g/mol. The molecule has 0 bridgehead atoms. The summed E-state index contributed by atoms with van der Waals surface area (Å²) in [6.07, 6.45) is 2.65. The lowest BCUT2D eigenvalue weighted by Crippen LogP contribution is -2.20. The third kappa shape index (κ3) is 3.55. The van der Waals surface area contributed by atoms with Crippen LogP contribution in [0.3, 0.4) is 0 Å². The summed E-state index contributed by atoms with van der Waals surface area (Å²) in [4.78, 5) is 28.7. The van der Waals surface area contributed by atoms with Crippen molar-refractivity contribution in [1.82, 2.24) is 9.38 Å². The van der Waals surface area contributed by atoms with Crippen molar-refractivity contribution in [3.63, 3.8) is 0 Å². The molecule has 0 saturated heterocycles. The van der Waals surface area contributed by atoms with Gasteiger partial charge in [-0.15, -0.1) is 0 Å². The van der Waals surface area contributed by atoms with E-state index in [-0.39, 0.29) is 17.0 Å². The molecular formula is C20H16N4O3. The number of pyridine rings is 1. The van der Waals surface area contributed by atoms with E-state index >= 15 is 0 Å². The minimum atomic E-state index is -0.937. The Morgan fingerprint density at radius 2 is 2.07 bits per heavy atom. The predicted octanol–water partition coefficient (Wildman–Crippen LogP) is 2.50. The van der Waals surface area contributed by atoms with Gasteiger partial charge >= 0.3 is 0 Å². The summed E-state index contributed by atoms with van der Waals surface area (Å²) in [6.45, 7) is 3.83. The summed E-state index contributed by atoms with van der Waals surface area (Å²) in [6, 6.07) is 12.3. The second-order valence-corrected chi connectivity index (χ2v) is 5.97. The van der Waals surface area contributed by atoms with E-state index in [0.717, 1.165) is 17.2 Å². The number of rotatable bonds is 4. The van der Waals surface area contributed by atoms with Gasteiger partial charge in [-0.1, -0.05) is 23.8 Å². The Morgan fingerprint density at radius 3 is 2.74 bits per heavy atom. The van der Waals surface area contributed by atoms with Gasteiger partial charge in [-0.2, -0.15) is 10.2 Å². The molecule has 0 aliphatic carbocycles. The van der Waals surface area contributed by atoms with Crippen molar-refractivity contribution >= 4 is 17.6 Å². The molecule has 7 heteroatoms. The number of carbonyl (C=O) groups excluding carboxylic acids is 1. The maximum Gasteiger partial charge on any atom is 0.269 e. The molecule has 3 aromatic rings. The van der Waals surface area contributed by atoms with Crippen LogP contribution in [-0.2, 0) is 4.79 Å². The van der Waals surface area contributed by atoms with Crippen molar-refractivity contribution < 1.29 is 9.53 Å². The van der Waals surface area contributed by atoms with Gasteiger partial charge in [0.05, 0.1) is 0 Å². The van der Waals surface area contributed by atoms with E-state index in [1.54, 1.807) is 36.5 Å². The fourth-order valence-corrected chi connectivity index (χ4v) is 2.60. The molecule has 2 N–H and O–H groups in total. The van der Waals surface area contributed by atoms with E-state index in [4.69, 9.17) is 15.7 Å². The van der Waals surface area contributed by atoms with Crippen LogP contribution in [0.4, 0.5) is 0 Å². The van der Waals surface area contributed by atoms with Crippen LogP contribution in [0, 0.1) is 25.2 Å². The second kappa shape index (κ2) is 7.14. The van der Waals surface area contributed by atoms with E-state index in [0.29, 0.717) is 11.4 Å². The first-order valence-corrected chi connectivity index (χ1v) is 8.09. The van der Waals surface area contributed by atoms with Crippen LogP contribution < -0.4 is 16.0 Å². The molecule has 1 aromatic carbocycles. The zero-order chi connectivity index (χ0) is 19.6. The Kier molecular flexibility index (Phi) is 4.73. The van der Waals surface area contributed by atoms with Gasteiger partial charge in [0.2, 0.25) is 5.88 Å². The van der Waals surface area contributed by atoms with Crippen LogP contribution in [0.15, 0.2) is 53.0 Å². The van der Waals surface area contributed by atoms with Crippen LogP contribution in [0.5, 0.6) is 11.6 Å². The van der Waals surface area contributed by atoms with Gasteiger partial charge in [-0.05, 0) is 43.7 Å². The molecule has 0 aliphatic heterocycles.